The molecule has 0 bridgehead atoms. The Hall–Kier alpha value is -2.44. The van der Waals surface area contributed by atoms with Gasteiger partial charge in [-0.05, 0) is 31.4 Å². The summed E-state index contributed by atoms with van der Waals surface area (Å²) in [5.74, 6) is -0.564. The lowest BCUT2D eigenvalue weighted by Gasteiger charge is -2.36. The molecule has 3 rings (SSSR count). The van der Waals surface area contributed by atoms with E-state index in [1.807, 2.05) is 18.2 Å². The molecule has 3 heterocycles. The van der Waals surface area contributed by atoms with Crippen molar-refractivity contribution < 1.29 is 14.4 Å². The number of carbonyl (C=O) groups excluding carboxylic acids is 3. The summed E-state index contributed by atoms with van der Waals surface area (Å²) in [4.78, 5) is 42.8. The summed E-state index contributed by atoms with van der Waals surface area (Å²) in [6, 6.07) is 5.07. The molecule has 22 heavy (non-hydrogen) atoms. The van der Waals surface area contributed by atoms with Crippen LogP contribution in [0.5, 0.6) is 0 Å². The maximum atomic E-state index is 12.6. The van der Waals surface area contributed by atoms with E-state index in [0.29, 0.717) is 6.54 Å². The Morgan fingerprint density at radius 1 is 1.32 bits per heavy atom. The van der Waals surface area contributed by atoms with E-state index in [2.05, 4.69) is 10.3 Å². The Morgan fingerprint density at radius 3 is 2.86 bits per heavy atom. The van der Waals surface area contributed by atoms with E-state index in [0.717, 1.165) is 29.9 Å². The number of piperidine rings is 1. The Balaban J connectivity index is 1.74. The average molecular weight is 302 g/mol. The Bertz CT molecular complexity index is 574. The highest BCUT2D eigenvalue weighted by Crippen LogP contribution is 2.29. The molecule has 0 radical (unpaired) electrons. The van der Waals surface area contributed by atoms with Gasteiger partial charge in [-0.15, -0.1) is 0 Å². The fourth-order valence-corrected chi connectivity index (χ4v) is 2.95. The van der Waals surface area contributed by atoms with Crippen LogP contribution in [0.3, 0.4) is 0 Å². The highest BCUT2D eigenvalue weighted by Gasteiger charge is 2.34. The van der Waals surface area contributed by atoms with Gasteiger partial charge in [0, 0.05) is 12.7 Å². The summed E-state index contributed by atoms with van der Waals surface area (Å²) < 4.78 is 0. The monoisotopic (exact) mass is 302 g/mol. The molecule has 7 nitrogen and oxygen atoms in total. The summed E-state index contributed by atoms with van der Waals surface area (Å²) in [6.07, 6.45) is 4.52. The quantitative estimate of drug-likeness (QED) is 0.833. The van der Waals surface area contributed by atoms with E-state index in [4.69, 9.17) is 0 Å². The lowest BCUT2D eigenvalue weighted by atomic mass is 9.98. The van der Waals surface area contributed by atoms with Gasteiger partial charge < -0.3 is 10.2 Å². The topological polar surface area (TPSA) is 82.6 Å². The van der Waals surface area contributed by atoms with Crippen molar-refractivity contribution >= 4 is 17.8 Å². The molecule has 1 unspecified atom stereocenters. The number of hydrogen-bond acceptors (Lipinski definition) is 4. The maximum Gasteiger partial charge on any atom is 0.325 e. The third kappa shape index (κ3) is 2.79. The van der Waals surface area contributed by atoms with Gasteiger partial charge in [0.25, 0.3) is 5.91 Å². The van der Waals surface area contributed by atoms with Gasteiger partial charge in [0.1, 0.15) is 6.54 Å². The van der Waals surface area contributed by atoms with Crippen LogP contribution in [0.25, 0.3) is 0 Å². The minimum Gasteiger partial charge on any atom is -0.333 e. The smallest absolute Gasteiger partial charge is 0.325 e. The second-order valence-electron chi connectivity index (χ2n) is 5.49. The highest BCUT2D eigenvalue weighted by atomic mass is 16.2. The Labute approximate surface area is 128 Å². The highest BCUT2D eigenvalue weighted by molar-refractivity contribution is 6.04. The van der Waals surface area contributed by atoms with E-state index < -0.39 is 6.03 Å². The van der Waals surface area contributed by atoms with Gasteiger partial charge in [-0.3, -0.25) is 19.5 Å². The number of urea groups is 1. The van der Waals surface area contributed by atoms with E-state index >= 15 is 0 Å². The third-order valence-electron chi connectivity index (χ3n) is 4.08. The van der Waals surface area contributed by atoms with Gasteiger partial charge >= 0.3 is 6.03 Å². The summed E-state index contributed by atoms with van der Waals surface area (Å²) >= 11 is 0. The maximum absolute atomic E-state index is 12.6. The summed E-state index contributed by atoms with van der Waals surface area (Å²) in [6.45, 7) is 0.396. The van der Waals surface area contributed by atoms with Crippen LogP contribution in [0.1, 0.15) is 31.0 Å². The summed E-state index contributed by atoms with van der Waals surface area (Å²) in [5.41, 5.74) is 0.854. The van der Waals surface area contributed by atoms with Crippen LogP contribution < -0.4 is 5.32 Å². The SMILES string of the molecule is O=C1CNC(=O)N1CC(=O)N1CCCCC1c1ccccn1. The van der Waals surface area contributed by atoms with Crippen LogP contribution in [0.2, 0.25) is 0 Å². The van der Waals surface area contributed by atoms with Crippen molar-refractivity contribution in [3.8, 4) is 0 Å². The average Bonchev–Trinajstić information content (AvgIpc) is 2.87. The number of likely N-dealkylation sites (tertiary alicyclic amines) is 1. The molecule has 4 amide bonds. The lowest BCUT2D eigenvalue weighted by Crippen LogP contribution is -2.46. The van der Waals surface area contributed by atoms with E-state index in [-0.39, 0.29) is 30.9 Å². The van der Waals surface area contributed by atoms with Crippen molar-refractivity contribution in [1.29, 1.82) is 0 Å². The summed E-state index contributed by atoms with van der Waals surface area (Å²) in [7, 11) is 0. The molecule has 1 aromatic rings. The molecule has 0 aliphatic carbocycles. The standard InChI is InChI=1S/C15H18N4O3/c20-13-9-17-15(22)19(13)10-14(21)18-8-4-2-6-12(18)11-5-1-3-7-16-11/h1,3,5,7,12H,2,4,6,8-10H2,(H,17,22). The number of carbonyl (C=O) groups is 3. The molecule has 2 aliphatic heterocycles. The zero-order valence-electron chi connectivity index (χ0n) is 12.2. The van der Waals surface area contributed by atoms with Gasteiger partial charge in [-0.1, -0.05) is 6.07 Å². The first-order valence-electron chi connectivity index (χ1n) is 7.45. The molecule has 7 heteroatoms. The Morgan fingerprint density at radius 2 is 2.18 bits per heavy atom. The van der Waals surface area contributed by atoms with Crippen molar-refractivity contribution in [2.75, 3.05) is 19.6 Å². The predicted molar refractivity (Wildman–Crippen MR) is 77.7 cm³/mol. The molecule has 2 saturated heterocycles. The normalized spacial score (nSPS) is 21.9. The number of amides is 4. The van der Waals surface area contributed by atoms with E-state index in [1.54, 1.807) is 11.1 Å². The van der Waals surface area contributed by atoms with Gasteiger partial charge in [-0.2, -0.15) is 0 Å². The van der Waals surface area contributed by atoms with Crippen LogP contribution in [-0.2, 0) is 9.59 Å². The zero-order valence-corrected chi connectivity index (χ0v) is 12.2. The lowest BCUT2D eigenvalue weighted by molar-refractivity contribution is -0.139. The molecule has 2 fully saturated rings. The minimum atomic E-state index is -0.496. The zero-order chi connectivity index (χ0) is 15.5. The summed E-state index contributed by atoms with van der Waals surface area (Å²) in [5, 5.41) is 2.42. The van der Waals surface area contributed by atoms with Crippen molar-refractivity contribution in [2.24, 2.45) is 0 Å². The van der Waals surface area contributed by atoms with Crippen LogP contribution >= 0.6 is 0 Å². The largest absolute Gasteiger partial charge is 0.333 e. The molecule has 1 aromatic heterocycles. The molecule has 0 spiro atoms. The van der Waals surface area contributed by atoms with Gasteiger partial charge in [0.2, 0.25) is 5.91 Å². The van der Waals surface area contributed by atoms with Crippen LogP contribution in [0, 0.1) is 0 Å². The fraction of sp³-hybridized carbons (Fsp3) is 0.467. The number of pyridine rings is 1. The molecule has 2 aliphatic rings. The van der Waals surface area contributed by atoms with Crippen molar-refractivity contribution in [3.05, 3.63) is 30.1 Å². The second-order valence-corrected chi connectivity index (χ2v) is 5.49. The molecule has 1 atom stereocenters. The molecule has 0 saturated carbocycles. The molecule has 0 aromatic carbocycles. The number of aromatic nitrogens is 1. The molecular weight excluding hydrogens is 284 g/mol. The van der Waals surface area contributed by atoms with Crippen molar-refractivity contribution in [3.63, 3.8) is 0 Å². The van der Waals surface area contributed by atoms with Crippen molar-refractivity contribution in [2.45, 2.75) is 25.3 Å². The number of nitrogens with one attached hydrogen (secondary N) is 1. The first kappa shape index (κ1) is 14.5. The van der Waals surface area contributed by atoms with Crippen molar-refractivity contribution in [1.82, 2.24) is 20.1 Å². The van der Waals surface area contributed by atoms with Gasteiger partial charge in [0.15, 0.2) is 0 Å². The molecule has 1 N–H and O–H groups in total. The first-order chi connectivity index (χ1) is 10.7. The number of nitrogens with zero attached hydrogens (tertiary/aromatic N) is 3. The third-order valence-corrected chi connectivity index (χ3v) is 4.08. The van der Waals surface area contributed by atoms with E-state index in [1.165, 1.54) is 0 Å². The fourth-order valence-electron chi connectivity index (χ4n) is 2.95. The molecule has 116 valence electrons. The first-order valence-corrected chi connectivity index (χ1v) is 7.45. The number of imide groups is 1. The Kier molecular flexibility index (Phi) is 4.04. The second kappa shape index (κ2) is 6.13. The van der Waals surface area contributed by atoms with Crippen LogP contribution in [0.15, 0.2) is 24.4 Å². The predicted octanol–water partition coefficient (Wildman–Crippen LogP) is 0.687. The van der Waals surface area contributed by atoms with Crippen LogP contribution in [0.4, 0.5) is 4.79 Å². The van der Waals surface area contributed by atoms with E-state index in [9.17, 15) is 14.4 Å². The van der Waals surface area contributed by atoms with Gasteiger partial charge in [0.05, 0.1) is 18.3 Å². The van der Waals surface area contributed by atoms with Gasteiger partial charge in [-0.25, -0.2) is 4.79 Å². The number of hydrogen-bond donors (Lipinski definition) is 1. The molecular formula is C15H18N4O3. The number of rotatable bonds is 3. The van der Waals surface area contributed by atoms with Crippen LogP contribution in [-0.4, -0.2) is 52.3 Å². The minimum absolute atomic E-state index is 0.0320.